The summed E-state index contributed by atoms with van der Waals surface area (Å²) in [4.78, 5) is 26.5. The van der Waals surface area contributed by atoms with Gasteiger partial charge in [0.1, 0.15) is 5.75 Å². The minimum atomic E-state index is -0.517. The van der Waals surface area contributed by atoms with Gasteiger partial charge in [0, 0.05) is 5.02 Å². The number of hydrogen-bond donors (Lipinski definition) is 0. The standard InChI is InChI=1S/C22H16ClNO3/c1-27-18-8-5-15(6-9-18)16-7-10-20-19(12-16)21(25)22(26)24(20)13-14-3-2-4-17(23)11-14/h2-12H,13H2,1H3. The monoisotopic (exact) mass is 377 g/mol. The summed E-state index contributed by atoms with van der Waals surface area (Å²) in [7, 11) is 1.61. The Hall–Kier alpha value is -3.11. The molecule has 0 bridgehead atoms. The van der Waals surface area contributed by atoms with Gasteiger partial charge in [-0.05, 0) is 53.1 Å². The molecular weight excluding hydrogens is 362 g/mol. The molecule has 3 aromatic carbocycles. The summed E-state index contributed by atoms with van der Waals surface area (Å²) >= 11 is 6.03. The Labute approximate surface area is 161 Å². The molecule has 4 rings (SSSR count). The van der Waals surface area contributed by atoms with Crippen molar-refractivity contribution in [1.29, 1.82) is 0 Å². The number of benzene rings is 3. The minimum Gasteiger partial charge on any atom is -0.497 e. The normalized spacial score (nSPS) is 13.0. The van der Waals surface area contributed by atoms with Crippen LogP contribution in [0.1, 0.15) is 15.9 Å². The number of halogens is 1. The lowest BCUT2D eigenvalue weighted by Gasteiger charge is -2.17. The van der Waals surface area contributed by atoms with Crippen molar-refractivity contribution in [3.8, 4) is 16.9 Å². The predicted molar refractivity (Wildman–Crippen MR) is 105 cm³/mol. The van der Waals surface area contributed by atoms with Gasteiger partial charge < -0.3 is 9.64 Å². The van der Waals surface area contributed by atoms with E-state index in [0.717, 1.165) is 22.4 Å². The van der Waals surface area contributed by atoms with Gasteiger partial charge in [-0.1, -0.05) is 41.9 Å². The number of carbonyl (C=O) groups is 2. The maximum absolute atomic E-state index is 12.5. The molecule has 0 atom stereocenters. The highest BCUT2D eigenvalue weighted by molar-refractivity contribution is 6.52. The van der Waals surface area contributed by atoms with E-state index in [1.165, 1.54) is 4.90 Å². The zero-order valence-electron chi connectivity index (χ0n) is 14.6. The van der Waals surface area contributed by atoms with Crippen LogP contribution in [0, 0.1) is 0 Å². The van der Waals surface area contributed by atoms with E-state index < -0.39 is 11.7 Å². The summed E-state index contributed by atoms with van der Waals surface area (Å²) in [6.07, 6.45) is 0. The highest BCUT2D eigenvalue weighted by Gasteiger charge is 2.35. The molecule has 4 nitrogen and oxygen atoms in total. The van der Waals surface area contributed by atoms with E-state index in [-0.39, 0.29) is 0 Å². The molecule has 1 aliphatic heterocycles. The van der Waals surface area contributed by atoms with Crippen molar-refractivity contribution in [1.82, 2.24) is 0 Å². The van der Waals surface area contributed by atoms with Crippen molar-refractivity contribution < 1.29 is 14.3 Å². The molecule has 0 fully saturated rings. The van der Waals surface area contributed by atoms with Crippen LogP contribution in [0.4, 0.5) is 5.69 Å². The van der Waals surface area contributed by atoms with Gasteiger partial charge in [0.15, 0.2) is 0 Å². The van der Waals surface area contributed by atoms with E-state index in [0.29, 0.717) is 22.8 Å². The molecule has 5 heteroatoms. The Morgan fingerprint density at radius 3 is 2.37 bits per heavy atom. The zero-order chi connectivity index (χ0) is 19.0. The van der Waals surface area contributed by atoms with Crippen LogP contribution >= 0.6 is 11.6 Å². The molecule has 1 heterocycles. The number of rotatable bonds is 4. The smallest absolute Gasteiger partial charge is 0.299 e. The molecule has 3 aromatic rings. The van der Waals surface area contributed by atoms with Crippen LogP contribution in [0.5, 0.6) is 5.75 Å². The largest absolute Gasteiger partial charge is 0.497 e. The molecule has 0 aromatic heterocycles. The number of anilines is 1. The molecule has 0 saturated heterocycles. The van der Waals surface area contributed by atoms with Crippen LogP contribution < -0.4 is 9.64 Å². The van der Waals surface area contributed by atoms with Crippen molar-refractivity contribution in [3.05, 3.63) is 82.9 Å². The molecular formula is C22H16ClNO3. The zero-order valence-corrected chi connectivity index (χ0v) is 15.4. The molecule has 0 aliphatic carbocycles. The van der Waals surface area contributed by atoms with Crippen molar-refractivity contribution in [2.75, 3.05) is 12.0 Å². The quantitative estimate of drug-likeness (QED) is 0.617. The van der Waals surface area contributed by atoms with E-state index in [1.54, 1.807) is 25.3 Å². The number of ether oxygens (including phenoxy) is 1. The Bertz CT molecular complexity index is 1040. The van der Waals surface area contributed by atoms with Crippen molar-refractivity contribution in [2.24, 2.45) is 0 Å². The van der Waals surface area contributed by atoms with Gasteiger partial charge in [0.25, 0.3) is 11.7 Å². The first-order valence-corrected chi connectivity index (χ1v) is 8.84. The molecule has 27 heavy (non-hydrogen) atoms. The Morgan fingerprint density at radius 1 is 0.926 bits per heavy atom. The first kappa shape index (κ1) is 17.3. The van der Waals surface area contributed by atoms with E-state index in [2.05, 4.69) is 0 Å². The number of carbonyl (C=O) groups excluding carboxylic acids is 2. The summed E-state index contributed by atoms with van der Waals surface area (Å²) in [5.74, 6) is -0.238. The van der Waals surface area contributed by atoms with E-state index >= 15 is 0 Å². The third-order valence-electron chi connectivity index (χ3n) is 4.62. The van der Waals surface area contributed by atoms with E-state index in [9.17, 15) is 9.59 Å². The lowest BCUT2D eigenvalue weighted by atomic mass is 10.0. The van der Waals surface area contributed by atoms with Crippen molar-refractivity contribution in [2.45, 2.75) is 6.54 Å². The highest BCUT2D eigenvalue weighted by Crippen LogP contribution is 2.34. The van der Waals surface area contributed by atoms with Gasteiger partial charge in [-0.3, -0.25) is 9.59 Å². The number of methoxy groups -OCH3 is 1. The van der Waals surface area contributed by atoms with E-state index in [1.807, 2.05) is 48.5 Å². The molecule has 134 valence electrons. The van der Waals surface area contributed by atoms with Crippen LogP contribution in [0.15, 0.2) is 66.7 Å². The fraction of sp³-hybridized carbons (Fsp3) is 0.0909. The first-order chi connectivity index (χ1) is 13.1. The number of Topliss-reactive ketones (excluding diaryl/α,β-unsaturated/α-hetero) is 1. The Morgan fingerprint density at radius 2 is 1.67 bits per heavy atom. The lowest BCUT2D eigenvalue weighted by Crippen LogP contribution is -2.29. The minimum absolute atomic E-state index is 0.306. The van der Waals surface area contributed by atoms with Gasteiger partial charge in [-0.2, -0.15) is 0 Å². The van der Waals surface area contributed by atoms with E-state index in [4.69, 9.17) is 16.3 Å². The molecule has 0 N–H and O–H groups in total. The summed E-state index contributed by atoms with van der Waals surface area (Å²) in [6.45, 7) is 0.306. The van der Waals surface area contributed by atoms with Gasteiger partial charge in [-0.25, -0.2) is 0 Å². The molecule has 0 spiro atoms. The molecule has 1 amide bonds. The second-order valence-electron chi connectivity index (χ2n) is 6.31. The van der Waals surface area contributed by atoms with Gasteiger partial charge in [0.2, 0.25) is 0 Å². The Balaban J connectivity index is 1.68. The predicted octanol–water partition coefficient (Wildman–Crippen LogP) is 4.75. The van der Waals surface area contributed by atoms with Crippen LogP contribution in [0.25, 0.3) is 11.1 Å². The fourth-order valence-corrected chi connectivity index (χ4v) is 3.45. The number of fused-ring (bicyclic) bond motifs is 1. The molecule has 0 unspecified atom stereocenters. The number of ketones is 1. The average molecular weight is 378 g/mol. The fourth-order valence-electron chi connectivity index (χ4n) is 3.24. The van der Waals surface area contributed by atoms with Crippen LogP contribution in [0.2, 0.25) is 5.02 Å². The maximum Gasteiger partial charge on any atom is 0.299 e. The highest BCUT2D eigenvalue weighted by atomic mass is 35.5. The number of amides is 1. The van der Waals surface area contributed by atoms with Gasteiger partial charge >= 0.3 is 0 Å². The third-order valence-corrected chi connectivity index (χ3v) is 4.86. The second-order valence-corrected chi connectivity index (χ2v) is 6.75. The van der Waals surface area contributed by atoms with Crippen LogP contribution in [0.3, 0.4) is 0 Å². The van der Waals surface area contributed by atoms with Crippen LogP contribution in [-0.4, -0.2) is 18.8 Å². The lowest BCUT2D eigenvalue weighted by molar-refractivity contribution is -0.114. The van der Waals surface area contributed by atoms with Crippen LogP contribution in [-0.2, 0) is 11.3 Å². The molecule has 1 aliphatic rings. The van der Waals surface area contributed by atoms with Gasteiger partial charge in [-0.15, -0.1) is 0 Å². The number of nitrogens with zero attached hydrogens (tertiary/aromatic N) is 1. The summed E-state index contributed by atoms with van der Waals surface area (Å²) in [6, 6.07) is 20.4. The summed E-state index contributed by atoms with van der Waals surface area (Å²) in [5.41, 5.74) is 3.75. The third kappa shape index (κ3) is 3.20. The molecule has 0 saturated carbocycles. The first-order valence-electron chi connectivity index (χ1n) is 8.46. The summed E-state index contributed by atoms with van der Waals surface area (Å²) < 4.78 is 5.17. The average Bonchev–Trinajstić information content (AvgIpc) is 2.92. The van der Waals surface area contributed by atoms with Crippen molar-refractivity contribution >= 4 is 29.0 Å². The van der Waals surface area contributed by atoms with Crippen molar-refractivity contribution in [3.63, 3.8) is 0 Å². The maximum atomic E-state index is 12.5. The second kappa shape index (κ2) is 6.89. The SMILES string of the molecule is COc1ccc(-c2ccc3c(c2)C(=O)C(=O)N3Cc2cccc(Cl)c2)cc1. The van der Waals surface area contributed by atoms with Gasteiger partial charge in [0.05, 0.1) is 24.9 Å². The topological polar surface area (TPSA) is 46.6 Å². The molecule has 0 radical (unpaired) electrons. The number of hydrogen-bond acceptors (Lipinski definition) is 3. The summed E-state index contributed by atoms with van der Waals surface area (Å²) in [5, 5.41) is 0.598. The Kier molecular flexibility index (Phi) is 4.42.